The highest BCUT2D eigenvalue weighted by molar-refractivity contribution is 7.45. The molecule has 0 fully saturated rings. The summed E-state index contributed by atoms with van der Waals surface area (Å²) in [5.74, 6) is -0.836. The second-order valence-electron chi connectivity index (χ2n) is 18.2. The first-order chi connectivity index (χ1) is 29.0. The predicted molar refractivity (Wildman–Crippen MR) is 250 cm³/mol. The fourth-order valence-corrected chi connectivity index (χ4v) is 7.73. The number of quaternary nitrogens is 1. The average molecular weight is 870 g/mol. The van der Waals surface area contributed by atoms with Crippen LogP contribution in [0.2, 0.25) is 0 Å². The van der Waals surface area contributed by atoms with E-state index < -0.39 is 26.5 Å². The molecule has 0 spiro atoms. The fourth-order valence-electron chi connectivity index (χ4n) is 7.00. The number of carbonyl (C=O) groups is 2. The highest BCUT2D eigenvalue weighted by Gasteiger charge is 2.21. The molecule has 0 aliphatic heterocycles. The lowest BCUT2D eigenvalue weighted by Gasteiger charge is -2.28. The molecule has 0 aliphatic carbocycles. The molecule has 0 aromatic rings. The zero-order valence-electron chi connectivity index (χ0n) is 39.9. The van der Waals surface area contributed by atoms with Gasteiger partial charge in [-0.1, -0.05) is 179 Å². The van der Waals surface area contributed by atoms with Gasteiger partial charge in [-0.3, -0.25) is 14.2 Å². The lowest BCUT2D eigenvalue weighted by Crippen LogP contribution is -2.37. The molecule has 0 heterocycles. The number of carbonyl (C=O) groups excluding carboxylic acids is 2. The van der Waals surface area contributed by atoms with Gasteiger partial charge in [0.15, 0.2) is 6.10 Å². The van der Waals surface area contributed by atoms with Crippen LogP contribution in [0.3, 0.4) is 0 Å². The van der Waals surface area contributed by atoms with Crippen LogP contribution in [-0.2, 0) is 32.7 Å². The minimum Gasteiger partial charge on any atom is -0.756 e. The van der Waals surface area contributed by atoms with E-state index in [-0.39, 0.29) is 32.0 Å². The van der Waals surface area contributed by atoms with E-state index in [1.165, 1.54) is 148 Å². The molecule has 0 aromatic carbocycles. The third-order valence-corrected chi connectivity index (χ3v) is 11.9. The first-order valence-corrected chi connectivity index (χ1v) is 26.5. The van der Waals surface area contributed by atoms with Gasteiger partial charge in [-0.25, -0.2) is 0 Å². The molecule has 0 saturated carbocycles. The number of hydrogen-bond donors (Lipinski definition) is 0. The number of esters is 2. The van der Waals surface area contributed by atoms with Gasteiger partial charge in [-0.2, -0.15) is 0 Å². The zero-order chi connectivity index (χ0) is 44.3. The first-order valence-electron chi connectivity index (χ1n) is 25.0. The lowest BCUT2D eigenvalue weighted by atomic mass is 10.0. The third-order valence-electron chi connectivity index (χ3n) is 10.9. The van der Waals surface area contributed by atoms with E-state index >= 15 is 0 Å². The van der Waals surface area contributed by atoms with Gasteiger partial charge in [0.2, 0.25) is 0 Å². The van der Waals surface area contributed by atoms with Crippen LogP contribution in [-0.4, -0.2) is 70.0 Å². The predicted octanol–water partition coefficient (Wildman–Crippen LogP) is 14.1. The number of ether oxygens (including phenoxy) is 2. The largest absolute Gasteiger partial charge is 0.756 e. The lowest BCUT2D eigenvalue weighted by molar-refractivity contribution is -0.870. The van der Waals surface area contributed by atoms with Crippen molar-refractivity contribution in [3.05, 3.63) is 24.3 Å². The number of rotatable bonds is 46. The maximum Gasteiger partial charge on any atom is 0.306 e. The minimum absolute atomic E-state index is 0.0309. The number of phosphoric acid groups is 1. The summed E-state index contributed by atoms with van der Waals surface area (Å²) in [5, 5.41) is 0. The Morgan fingerprint density at radius 1 is 0.500 bits per heavy atom. The summed E-state index contributed by atoms with van der Waals surface area (Å²) in [4.78, 5) is 37.7. The Kier molecular flexibility index (Phi) is 41.7. The van der Waals surface area contributed by atoms with Crippen molar-refractivity contribution in [1.82, 2.24) is 0 Å². The van der Waals surface area contributed by atoms with E-state index in [1.54, 1.807) is 0 Å². The molecule has 0 saturated heterocycles. The average Bonchev–Trinajstić information content (AvgIpc) is 3.20. The molecular formula is C50H96NO8P. The Bertz CT molecular complexity index is 1070. The molecule has 9 nitrogen and oxygen atoms in total. The normalized spacial score (nSPS) is 13.6. The van der Waals surface area contributed by atoms with E-state index in [2.05, 4.69) is 38.2 Å². The summed E-state index contributed by atoms with van der Waals surface area (Å²) in [7, 11) is 1.17. The maximum atomic E-state index is 12.7. The number of allylic oxidation sites excluding steroid dienone is 4. The summed E-state index contributed by atoms with van der Waals surface area (Å²) in [6, 6.07) is 0. The van der Waals surface area contributed by atoms with Gasteiger partial charge in [-0.15, -0.1) is 0 Å². The van der Waals surface area contributed by atoms with Crippen molar-refractivity contribution in [3.63, 3.8) is 0 Å². The molecule has 0 bridgehead atoms. The molecular weight excluding hydrogens is 774 g/mol. The van der Waals surface area contributed by atoms with Crippen molar-refractivity contribution < 1.29 is 42.1 Å². The van der Waals surface area contributed by atoms with E-state index in [4.69, 9.17) is 18.5 Å². The van der Waals surface area contributed by atoms with Crippen LogP contribution in [0.15, 0.2) is 24.3 Å². The molecule has 0 radical (unpaired) electrons. The van der Waals surface area contributed by atoms with E-state index in [9.17, 15) is 19.0 Å². The van der Waals surface area contributed by atoms with E-state index in [0.29, 0.717) is 17.4 Å². The zero-order valence-corrected chi connectivity index (χ0v) is 40.8. The van der Waals surface area contributed by atoms with Gasteiger partial charge in [0.1, 0.15) is 19.8 Å². The van der Waals surface area contributed by atoms with Crippen LogP contribution in [0, 0.1) is 0 Å². The fraction of sp³-hybridized carbons (Fsp3) is 0.880. The molecule has 0 rings (SSSR count). The quantitative estimate of drug-likeness (QED) is 0.0195. The number of likely N-dealkylation sites (N-methyl/N-ethyl adjacent to an activating group) is 1. The Hall–Kier alpha value is -1.51. The molecule has 1 unspecified atom stereocenters. The molecule has 10 heteroatoms. The molecule has 2 atom stereocenters. The van der Waals surface area contributed by atoms with Crippen LogP contribution in [0.5, 0.6) is 0 Å². The van der Waals surface area contributed by atoms with Crippen LogP contribution in [0.4, 0.5) is 0 Å². The van der Waals surface area contributed by atoms with Crippen molar-refractivity contribution in [1.29, 1.82) is 0 Å². The Balaban J connectivity index is 4.23. The number of phosphoric ester groups is 1. The van der Waals surface area contributed by atoms with Crippen molar-refractivity contribution in [2.24, 2.45) is 0 Å². The number of unbranched alkanes of at least 4 members (excludes halogenated alkanes) is 28. The Labute approximate surface area is 370 Å². The standard InChI is InChI=1S/C50H96NO8P/c1-6-8-10-12-14-16-18-20-22-23-24-25-26-27-29-30-32-34-36-38-40-42-49(52)56-46-48(47-58-60(54,55)57-45-44-51(3,4)5)59-50(53)43-41-39-37-35-33-31-28-21-19-17-15-13-11-9-7-2/h20-22,28,48H,6-19,23-27,29-47H2,1-5H3/b22-20-,28-21-/t48-/m1/s1. The third kappa shape index (κ3) is 46.0. The van der Waals surface area contributed by atoms with Gasteiger partial charge in [-0.05, 0) is 64.2 Å². The molecule has 0 aromatic heterocycles. The summed E-state index contributed by atoms with van der Waals surface area (Å²) in [6.45, 7) is 4.24. The summed E-state index contributed by atoms with van der Waals surface area (Å²) < 4.78 is 34.0. The Morgan fingerprint density at radius 3 is 1.23 bits per heavy atom. The maximum absolute atomic E-state index is 12.7. The Morgan fingerprint density at radius 2 is 0.850 bits per heavy atom. The summed E-state index contributed by atoms with van der Waals surface area (Å²) in [5.41, 5.74) is 0. The van der Waals surface area contributed by atoms with Crippen LogP contribution in [0.25, 0.3) is 0 Å². The number of nitrogens with zero attached hydrogens (tertiary/aromatic N) is 1. The van der Waals surface area contributed by atoms with Crippen LogP contribution >= 0.6 is 7.82 Å². The number of hydrogen-bond acceptors (Lipinski definition) is 8. The van der Waals surface area contributed by atoms with Gasteiger partial charge in [0.05, 0.1) is 27.7 Å². The highest BCUT2D eigenvalue weighted by atomic mass is 31.2. The molecule has 0 aliphatic rings. The van der Waals surface area contributed by atoms with Crippen molar-refractivity contribution >= 4 is 19.8 Å². The smallest absolute Gasteiger partial charge is 0.306 e. The van der Waals surface area contributed by atoms with Gasteiger partial charge >= 0.3 is 11.9 Å². The monoisotopic (exact) mass is 870 g/mol. The van der Waals surface area contributed by atoms with Crippen molar-refractivity contribution in [2.75, 3.05) is 47.5 Å². The molecule has 60 heavy (non-hydrogen) atoms. The molecule has 0 amide bonds. The summed E-state index contributed by atoms with van der Waals surface area (Å²) in [6.07, 6.45) is 47.8. The first kappa shape index (κ1) is 58.5. The van der Waals surface area contributed by atoms with Gasteiger partial charge < -0.3 is 27.9 Å². The topological polar surface area (TPSA) is 111 Å². The second-order valence-corrected chi connectivity index (χ2v) is 19.6. The second kappa shape index (κ2) is 42.8. The molecule has 0 N–H and O–H groups in total. The molecule has 354 valence electrons. The van der Waals surface area contributed by atoms with E-state index in [1.807, 2.05) is 21.1 Å². The van der Waals surface area contributed by atoms with Gasteiger partial charge in [0, 0.05) is 12.8 Å². The van der Waals surface area contributed by atoms with Gasteiger partial charge in [0.25, 0.3) is 7.82 Å². The van der Waals surface area contributed by atoms with E-state index in [0.717, 1.165) is 51.4 Å². The highest BCUT2D eigenvalue weighted by Crippen LogP contribution is 2.38. The minimum atomic E-state index is -4.63. The van der Waals surface area contributed by atoms with Crippen LogP contribution < -0.4 is 4.89 Å². The van der Waals surface area contributed by atoms with Crippen molar-refractivity contribution in [3.8, 4) is 0 Å². The summed E-state index contributed by atoms with van der Waals surface area (Å²) >= 11 is 0. The SMILES string of the molecule is CCCCCCCC/C=C\CCCCCCCCCCCCCC(=O)OC[C@H](COP(=O)([O-])OCC[N+](C)(C)C)OC(=O)CCCCCCC/C=C\CCCCCCCC. The van der Waals surface area contributed by atoms with Crippen molar-refractivity contribution in [2.45, 2.75) is 238 Å². The van der Waals surface area contributed by atoms with Crippen LogP contribution in [0.1, 0.15) is 232 Å².